The molecule has 3 rings (SSSR count). The van der Waals surface area contributed by atoms with Gasteiger partial charge in [0.1, 0.15) is 0 Å². The number of pyridine rings is 1. The molecule has 1 aromatic rings. The summed E-state index contributed by atoms with van der Waals surface area (Å²) in [5.41, 5.74) is 1.15. The topological polar surface area (TPSA) is 42.0 Å². The minimum Gasteiger partial charge on any atom is -0.386 e. The van der Waals surface area contributed by atoms with Crippen LogP contribution in [0, 0.1) is 5.92 Å². The fourth-order valence-electron chi connectivity index (χ4n) is 2.17. The Hall–Kier alpha value is -1.81. The Morgan fingerprint density at radius 3 is 2.84 bits per heavy atom. The summed E-state index contributed by atoms with van der Waals surface area (Å²) >= 11 is 1.64. The van der Waals surface area contributed by atoms with Crippen LogP contribution in [0.4, 0.5) is 0 Å². The highest BCUT2D eigenvalue weighted by atomic mass is 32.2. The molecule has 1 aromatic heterocycles. The number of thioether (sulfide) groups is 1. The number of Topliss-reactive ketones (excluding diaryl/α,β-unsaturated/α-hetero) is 1. The van der Waals surface area contributed by atoms with Crippen molar-refractivity contribution in [1.82, 2.24) is 10.3 Å². The van der Waals surface area contributed by atoms with Crippen molar-refractivity contribution in [2.75, 3.05) is 0 Å². The number of aromatic nitrogens is 1. The molecule has 1 fully saturated rings. The number of allylic oxidation sites excluding steroid dienone is 4. The van der Waals surface area contributed by atoms with Gasteiger partial charge >= 0.3 is 0 Å². The maximum atomic E-state index is 12.2. The van der Waals surface area contributed by atoms with E-state index in [1.54, 1.807) is 24.2 Å². The zero-order valence-electron chi connectivity index (χ0n) is 10.3. The molecule has 1 saturated heterocycles. The lowest BCUT2D eigenvalue weighted by atomic mass is 9.96. The zero-order chi connectivity index (χ0) is 13.1. The van der Waals surface area contributed by atoms with E-state index in [1.165, 1.54) is 0 Å². The van der Waals surface area contributed by atoms with Gasteiger partial charge in [-0.1, -0.05) is 24.3 Å². The number of fused-ring (bicyclic) bond motifs is 1. The van der Waals surface area contributed by atoms with Crippen LogP contribution in [0.5, 0.6) is 0 Å². The summed E-state index contributed by atoms with van der Waals surface area (Å²) in [6.07, 6.45) is 13.4. The molecule has 0 saturated carbocycles. The van der Waals surface area contributed by atoms with Crippen molar-refractivity contribution >= 4 is 17.5 Å². The summed E-state index contributed by atoms with van der Waals surface area (Å²) in [5, 5.41) is 3.47. The molecule has 2 heterocycles. The van der Waals surface area contributed by atoms with Crippen molar-refractivity contribution in [3.8, 4) is 0 Å². The summed E-state index contributed by atoms with van der Waals surface area (Å²) < 4.78 is 0. The van der Waals surface area contributed by atoms with Crippen LogP contribution in [0.2, 0.25) is 0 Å². The molecule has 0 amide bonds. The summed E-state index contributed by atoms with van der Waals surface area (Å²) in [4.78, 5) is 17.0. The van der Waals surface area contributed by atoms with E-state index in [4.69, 9.17) is 0 Å². The third kappa shape index (κ3) is 2.63. The van der Waals surface area contributed by atoms with Crippen molar-refractivity contribution in [3.63, 3.8) is 0 Å². The van der Waals surface area contributed by atoms with Gasteiger partial charge in [-0.3, -0.25) is 9.78 Å². The second kappa shape index (κ2) is 5.45. The highest BCUT2D eigenvalue weighted by Crippen LogP contribution is 2.41. The van der Waals surface area contributed by atoms with E-state index in [0.717, 1.165) is 10.5 Å². The van der Waals surface area contributed by atoms with E-state index in [9.17, 15) is 4.79 Å². The Bertz CT molecular complexity index is 563. The molecule has 0 bridgehead atoms. The fraction of sp³-hybridized carbons (Fsp3) is 0.200. The van der Waals surface area contributed by atoms with Gasteiger partial charge in [0.05, 0.1) is 10.8 Å². The van der Waals surface area contributed by atoms with E-state index in [2.05, 4.69) is 16.4 Å². The normalized spacial score (nSPS) is 26.7. The minimum absolute atomic E-state index is 0.0176. The predicted molar refractivity (Wildman–Crippen MR) is 77.3 cm³/mol. The van der Waals surface area contributed by atoms with Crippen molar-refractivity contribution in [2.45, 2.75) is 11.8 Å². The lowest BCUT2D eigenvalue weighted by Crippen LogP contribution is -2.16. The van der Waals surface area contributed by atoms with Gasteiger partial charge in [-0.25, -0.2) is 0 Å². The Kier molecular flexibility index (Phi) is 3.51. The highest BCUT2D eigenvalue weighted by Gasteiger charge is 2.36. The molecule has 1 aliphatic carbocycles. The van der Waals surface area contributed by atoms with E-state index >= 15 is 0 Å². The summed E-state index contributed by atoms with van der Waals surface area (Å²) in [6.45, 7) is 0.709. The van der Waals surface area contributed by atoms with Crippen molar-refractivity contribution < 1.29 is 4.79 Å². The number of hydrogen-bond donors (Lipinski definition) is 1. The maximum Gasteiger partial charge on any atom is 0.178 e. The molecule has 2 aliphatic rings. The molecule has 1 N–H and O–H groups in total. The Balaban J connectivity index is 1.64. The second-order valence-electron chi connectivity index (χ2n) is 4.49. The van der Waals surface area contributed by atoms with Gasteiger partial charge in [-0.15, -0.1) is 11.8 Å². The monoisotopic (exact) mass is 270 g/mol. The molecule has 1 aliphatic heterocycles. The summed E-state index contributed by atoms with van der Waals surface area (Å²) in [6, 6.07) is 3.92. The SMILES string of the molecule is O=C1/C(=C/NCc2ccncc2)SC2C=CC=CC12. The van der Waals surface area contributed by atoms with Crippen LogP contribution in [-0.2, 0) is 11.3 Å². The number of ketones is 1. The first-order valence-corrected chi connectivity index (χ1v) is 7.11. The smallest absolute Gasteiger partial charge is 0.178 e. The van der Waals surface area contributed by atoms with Crippen LogP contribution in [0.25, 0.3) is 0 Å². The Morgan fingerprint density at radius 2 is 2.05 bits per heavy atom. The summed E-state index contributed by atoms with van der Waals surface area (Å²) in [7, 11) is 0. The van der Waals surface area contributed by atoms with Crippen LogP contribution in [0.3, 0.4) is 0 Å². The van der Waals surface area contributed by atoms with Gasteiger partial charge in [-0.05, 0) is 17.7 Å². The highest BCUT2D eigenvalue weighted by molar-refractivity contribution is 8.05. The standard InChI is InChI=1S/C15H14N2OS/c18-15-12-3-1-2-4-13(12)19-14(15)10-17-9-11-5-7-16-8-6-11/h1-8,10,12-13,17H,9H2/b14-10-. The number of nitrogens with zero attached hydrogens (tertiary/aromatic N) is 1. The quantitative estimate of drug-likeness (QED) is 0.857. The van der Waals surface area contributed by atoms with E-state index in [-0.39, 0.29) is 17.0 Å². The first kappa shape index (κ1) is 12.2. The molecule has 3 nitrogen and oxygen atoms in total. The zero-order valence-corrected chi connectivity index (χ0v) is 11.1. The molecule has 19 heavy (non-hydrogen) atoms. The molecule has 2 atom stereocenters. The Labute approximate surface area is 116 Å². The molecular weight excluding hydrogens is 256 g/mol. The number of rotatable bonds is 3. The molecular formula is C15H14N2OS. The van der Waals surface area contributed by atoms with Crippen LogP contribution in [-0.4, -0.2) is 16.0 Å². The van der Waals surface area contributed by atoms with Gasteiger partial charge in [0.25, 0.3) is 0 Å². The minimum atomic E-state index is 0.0176. The number of nitrogens with one attached hydrogen (secondary N) is 1. The second-order valence-corrected chi connectivity index (χ2v) is 5.71. The average Bonchev–Trinajstić information content (AvgIpc) is 2.78. The lowest BCUT2D eigenvalue weighted by molar-refractivity contribution is -0.116. The third-order valence-corrected chi connectivity index (χ3v) is 4.48. The predicted octanol–water partition coefficient (Wildman–Crippen LogP) is 2.44. The lowest BCUT2D eigenvalue weighted by Gasteiger charge is -2.10. The maximum absolute atomic E-state index is 12.2. The van der Waals surface area contributed by atoms with Crippen LogP contribution in [0.15, 0.2) is 59.9 Å². The van der Waals surface area contributed by atoms with Gasteiger partial charge in [0.15, 0.2) is 5.78 Å². The number of hydrogen-bond acceptors (Lipinski definition) is 4. The van der Waals surface area contributed by atoms with Crippen molar-refractivity contribution in [1.29, 1.82) is 0 Å². The van der Waals surface area contributed by atoms with Crippen LogP contribution >= 0.6 is 11.8 Å². The largest absolute Gasteiger partial charge is 0.386 e. The molecule has 96 valence electrons. The van der Waals surface area contributed by atoms with Crippen LogP contribution < -0.4 is 5.32 Å². The number of carbonyl (C=O) groups excluding carboxylic acids is 1. The third-order valence-electron chi connectivity index (χ3n) is 3.18. The van der Waals surface area contributed by atoms with E-state index in [1.807, 2.05) is 36.6 Å². The van der Waals surface area contributed by atoms with E-state index in [0.29, 0.717) is 6.54 Å². The van der Waals surface area contributed by atoms with Crippen molar-refractivity contribution in [2.24, 2.45) is 5.92 Å². The van der Waals surface area contributed by atoms with Gasteiger partial charge in [-0.2, -0.15) is 0 Å². The molecule has 0 aromatic carbocycles. The number of carbonyl (C=O) groups is 1. The van der Waals surface area contributed by atoms with Gasteiger partial charge in [0, 0.05) is 30.4 Å². The molecule has 0 radical (unpaired) electrons. The van der Waals surface area contributed by atoms with Crippen molar-refractivity contribution in [3.05, 3.63) is 65.5 Å². The molecule has 2 unspecified atom stereocenters. The summed E-state index contributed by atoms with van der Waals surface area (Å²) in [5.74, 6) is 0.238. The fourth-order valence-corrected chi connectivity index (χ4v) is 3.40. The van der Waals surface area contributed by atoms with Gasteiger partial charge < -0.3 is 5.32 Å². The average molecular weight is 270 g/mol. The first-order chi connectivity index (χ1) is 9.34. The molecule has 4 heteroatoms. The van der Waals surface area contributed by atoms with E-state index < -0.39 is 0 Å². The van der Waals surface area contributed by atoms with Crippen LogP contribution in [0.1, 0.15) is 5.56 Å². The molecule has 0 spiro atoms. The first-order valence-electron chi connectivity index (χ1n) is 6.23. The Morgan fingerprint density at radius 1 is 1.26 bits per heavy atom. The van der Waals surface area contributed by atoms with Gasteiger partial charge in [0.2, 0.25) is 0 Å².